The molecule has 24 heavy (non-hydrogen) atoms. The lowest BCUT2D eigenvalue weighted by Gasteiger charge is -2.11. The number of benzene rings is 2. The van der Waals surface area contributed by atoms with Crippen molar-refractivity contribution in [1.82, 2.24) is 0 Å². The molecule has 0 unspecified atom stereocenters. The van der Waals surface area contributed by atoms with E-state index in [4.69, 9.17) is 9.47 Å². The van der Waals surface area contributed by atoms with Crippen molar-refractivity contribution in [2.75, 3.05) is 11.9 Å². The average Bonchev–Trinajstić information content (AvgIpc) is 2.60. The van der Waals surface area contributed by atoms with Gasteiger partial charge in [0.05, 0.1) is 17.9 Å². The molecule has 0 radical (unpaired) electrons. The minimum absolute atomic E-state index is 0.152. The van der Waals surface area contributed by atoms with Crippen LogP contribution in [-0.2, 0) is 16.1 Å². The van der Waals surface area contributed by atoms with Gasteiger partial charge >= 0.3 is 12.1 Å². The third-order valence-corrected chi connectivity index (χ3v) is 3.58. The Kier molecular flexibility index (Phi) is 6.81. The van der Waals surface area contributed by atoms with Gasteiger partial charge in [-0.1, -0.05) is 53.2 Å². The lowest BCUT2D eigenvalue weighted by atomic mass is 10.2. The number of carbonyl (C=O) groups excluding carboxylic acids is 2. The van der Waals surface area contributed by atoms with E-state index in [0.717, 1.165) is 12.0 Å². The first-order valence-corrected chi connectivity index (χ1v) is 8.34. The van der Waals surface area contributed by atoms with Crippen molar-refractivity contribution < 1.29 is 19.1 Å². The highest BCUT2D eigenvalue weighted by atomic mass is 79.9. The molecule has 0 spiro atoms. The number of esters is 1. The number of nitrogens with one attached hydrogen (secondary N) is 1. The monoisotopic (exact) mass is 391 g/mol. The number of anilines is 1. The molecule has 0 saturated heterocycles. The maximum atomic E-state index is 12.1. The molecule has 0 aliphatic carbocycles. The molecule has 2 rings (SSSR count). The largest absolute Gasteiger partial charge is 0.462 e. The average molecular weight is 392 g/mol. The number of hydrogen-bond acceptors (Lipinski definition) is 4. The van der Waals surface area contributed by atoms with Crippen LogP contribution in [0, 0.1) is 0 Å². The van der Waals surface area contributed by atoms with E-state index >= 15 is 0 Å². The van der Waals surface area contributed by atoms with Crippen LogP contribution in [0.3, 0.4) is 0 Å². The molecule has 0 heterocycles. The Morgan fingerprint density at radius 1 is 1.08 bits per heavy atom. The second-order valence-corrected chi connectivity index (χ2v) is 5.93. The zero-order chi connectivity index (χ0) is 17.4. The first-order chi connectivity index (χ1) is 11.6. The summed E-state index contributed by atoms with van der Waals surface area (Å²) in [6, 6.07) is 14.3. The van der Waals surface area contributed by atoms with Crippen LogP contribution < -0.4 is 5.32 Å². The summed E-state index contributed by atoms with van der Waals surface area (Å²) < 4.78 is 11.0. The van der Waals surface area contributed by atoms with Crippen LogP contribution in [0.25, 0.3) is 0 Å². The van der Waals surface area contributed by atoms with E-state index in [0.29, 0.717) is 16.8 Å². The molecule has 2 aromatic carbocycles. The minimum Gasteiger partial charge on any atom is -0.462 e. The maximum absolute atomic E-state index is 12.1. The Labute approximate surface area is 149 Å². The van der Waals surface area contributed by atoms with Gasteiger partial charge < -0.3 is 9.47 Å². The van der Waals surface area contributed by atoms with Crippen molar-refractivity contribution in [1.29, 1.82) is 0 Å². The van der Waals surface area contributed by atoms with Gasteiger partial charge in [0.2, 0.25) is 0 Å². The summed E-state index contributed by atoms with van der Waals surface area (Å²) in [7, 11) is 0. The number of hydrogen-bond donors (Lipinski definition) is 1. The van der Waals surface area contributed by atoms with Gasteiger partial charge in [-0.3, -0.25) is 5.32 Å². The predicted molar refractivity (Wildman–Crippen MR) is 95.0 cm³/mol. The first-order valence-electron chi connectivity index (χ1n) is 7.54. The lowest BCUT2D eigenvalue weighted by Crippen LogP contribution is -2.17. The van der Waals surface area contributed by atoms with E-state index < -0.39 is 12.1 Å². The summed E-state index contributed by atoms with van der Waals surface area (Å²) in [6.07, 6.45) is 0.0902. The van der Waals surface area contributed by atoms with Crippen LogP contribution in [-0.4, -0.2) is 18.7 Å². The third kappa shape index (κ3) is 5.38. The van der Waals surface area contributed by atoms with Gasteiger partial charge in [0.1, 0.15) is 6.61 Å². The van der Waals surface area contributed by atoms with Gasteiger partial charge in [0, 0.05) is 4.47 Å². The predicted octanol–water partition coefficient (Wildman–Crippen LogP) is 4.76. The van der Waals surface area contributed by atoms with Gasteiger partial charge in [-0.2, -0.15) is 0 Å². The molecule has 0 aliphatic rings. The quantitative estimate of drug-likeness (QED) is 0.720. The highest BCUT2D eigenvalue weighted by molar-refractivity contribution is 9.10. The Morgan fingerprint density at radius 2 is 1.83 bits per heavy atom. The molecule has 0 bridgehead atoms. The van der Waals surface area contributed by atoms with Crippen LogP contribution in [0.5, 0.6) is 0 Å². The molecule has 0 aromatic heterocycles. The van der Waals surface area contributed by atoms with Gasteiger partial charge in [-0.25, -0.2) is 9.59 Å². The van der Waals surface area contributed by atoms with Crippen molar-refractivity contribution in [3.63, 3.8) is 0 Å². The molecular weight excluding hydrogens is 374 g/mol. The summed E-state index contributed by atoms with van der Waals surface area (Å²) in [6.45, 7) is 2.39. The Balaban J connectivity index is 2.02. The number of ether oxygens (including phenoxy) is 2. The van der Waals surface area contributed by atoms with Gasteiger partial charge in [-0.05, 0) is 30.2 Å². The summed E-state index contributed by atoms with van der Waals surface area (Å²) in [5, 5.41) is 2.58. The number of carbonyl (C=O) groups is 2. The topological polar surface area (TPSA) is 64.6 Å². The van der Waals surface area contributed by atoms with E-state index in [1.165, 1.54) is 0 Å². The van der Waals surface area contributed by atoms with E-state index in [-0.39, 0.29) is 12.2 Å². The molecule has 0 aliphatic heterocycles. The van der Waals surface area contributed by atoms with Crippen LogP contribution in [0.2, 0.25) is 0 Å². The fraction of sp³-hybridized carbons (Fsp3) is 0.222. The summed E-state index contributed by atoms with van der Waals surface area (Å²) in [5.41, 5.74) is 1.50. The fourth-order valence-electron chi connectivity index (χ4n) is 1.94. The molecule has 0 saturated carbocycles. The Morgan fingerprint density at radius 3 is 2.54 bits per heavy atom. The second-order valence-electron chi connectivity index (χ2n) is 5.01. The zero-order valence-corrected chi connectivity index (χ0v) is 14.8. The summed E-state index contributed by atoms with van der Waals surface area (Å²) in [4.78, 5) is 24.1. The van der Waals surface area contributed by atoms with E-state index in [9.17, 15) is 9.59 Å². The van der Waals surface area contributed by atoms with Crippen molar-refractivity contribution in [3.8, 4) is 0 Å². The zero-order valence-electron chi connectivity index (χ0n) is 13.3. The minimum atomic E-state index is -0.634. The van der Waals surface area contributed by atoms with Crippen molar-refractivity contribution in [2.45, 2.75) is 20.0 Å². The fourth-order valence-corrected chi connectivity index (χ4v) is 2.30. The summed E-state index contributed by atoms with van der Waals surface area (Å²) >= 11 is 3.31. The van der Waals surface area contributed by atoms with Crippen LogP contribution in [0.15, 0.2) is 53.0 Å². The van der Waals surface area contributed by atoms with E-state index in [2.05, 4.69) is 21.2 Å². The Hall–Kier alpha value is -2.34. The maximum Gasteiger partial charge on any atom is 0.411 e. The molecule has 2 aromatic rings. The van der Waals surface area contributed by atoms with Crippen molar-refractivity contribution in [2.24, 2.45) is 0 Å². The number of halogens is 1. The first kappa shape index (κ1) is 18.0. The molecule has 1 amide bonds. The lowest BCUT2D eigenvalue weighted by molar-refractivity contribution is 0.0506. The van der Waals surface area contributed by atoms with Gasteiger partial charge in [-0.15, -0.1) is 0 Å². The van der Waals surface area contributed by atoms with Crippen LogP contribution >= 0.6 is 15.9 Å². The highest BCUT2D eigenvalue weighted by Gasteiger charge is 2.16. The molecule has 6 heteroatoms. The van der Waals surface area contributed by atoms with Gasteiger partial charge in [0.15, 0.2) is 0 Å². The summed E-state index contributed by atoms with van der Waals surface area (Å²) in [5.74, 6) is -0.489. The van der Waals surface area contributed by atoms with E-state index in [1.54, 1.807) is 18.2 Å². The number of amides is 1. The van der Waals surface area contributed by atoms with Crippen LogP contribution in [0.4, 0.5) is 10.5 Å². The second kappa shape index (κ2) is 9.08. The molecular formula is C18H18BrNO4. The molecule has 126 valence electrons. The Bertz CT molecular complexity index is 703. The van der Waals surface area contributed by atoms with Crippen molar-refractivity contribution in [3.05, 3.63) is 64.1 Å². The third-order valence-electron chi connectivity index (χ3n) is 3.09. The molecule has 1 N–H and O–H groups in total. The molecule has 5 nitrogen and oxygen atoms in total. The number of rotatable bonds is 6. The van der Waals surface area contributed by atoms with Gasteiger partial charge in [0.25, 0.3) is 0 Å². The smallest absolute Gasteiger partial charge is 0.411 e. The SMILES string of the molecule is CCCOC(=O)c1cc(Br)ccc1NC(=O)OCc1ccccc1. The normalized spacial score (nSPS) is 10.1. The molecule has 0 atom stereocenters. The standard InChI is InChI=1S/C18H18BrNO4/c1-2-10-23-17(21)15-11-14(19)8-9-16(15)20-18(22)24-12-13-6-4-3-5-7-13/h3-9,11H,2,10,12H2,1H3,(H,20,22). The van der Waals surface area contributed by atoms with Crippen molar-refractivity contribution >= 4 is 33.7 Å². The highest BCUT2D eigenvalue weighted by Crippen LogP contribution is 2.22. The van der Waals surface area contributed by atoms with E-state index in [1.807, 2.05) is 37.3 Å². The van der Waals surface area contributed by atoms with Crippen LogP contribution in [0.1, 0.15) is 29.3 Å². The molecule has 0 fully saturated rings.